The van der Waals surface area contributed by atoms with Crippen molar-refractivity contribution in [1.29, 1.82) is 0 Å². The molecule has 29 heavy (non-hydrogen) atoms. The largest absolute Gasteiger partial charge is 0.369 e. The first-order valence-electron chi connectivity index (χ1n) is 10.3. The van der Waals surface area contributed by atoms with Gasteiger partial charge in [-0.05, 0) is 54.8 Å². The van der Waals surface area contributed by atoms with E-state index >= 15 is 0 Å². The quantitative estimate of drug-likeness (QED) is 0.820. The molecule has 2 amide bonds. The summed E-state index contributed by atoms with van der Waals surface area (Å²) >= 11 is 0. The van der Waals surface area contributed by atoms with Crippen LogP contribution < -0.4 is 15.5 Å². The fourth-order valence-corrected chi connectivity index (χ4v) is 4.01. The van der Waals surface area contributed by atoms with Crippen molar-refractivity contribution in [3.05, 3.63) is 59.2 Å². The van der Waals surface area contributed by atoms with Crippen molar-refractivity contribution in [2.75, 3.05) is 49.5 Å². The molecule has 0 aromatic heterocycles. The zero-order valence-electron chi connectivity index (χ0n) is 16.9. The van der Waals surface area contributed by atoms with Gasteiger partial charge < -0.3 is 15.5 Å². The maximum atomic E-state index is 12.5. The number of piperazine rings is 1. The molecule has 152 valence electrons. The first-order valence-corrected chi connectivity index (χ1v) is 10.3. The van der Waals surface area contributed by atoms with Gasteiger partial charge in [-0.3, -0.25) is 14.5 Å². The molecule has 2 aliphatic heterocycles. The van der Waals surface area contributed by atoms with E-state index in [2.05, 4.69) is 51.6 Å². The summed E-state index contributed by atoms with van der Waals surface area (Å²) in [6.07, 6.45) is 1.17. The third kappa shape index (κ3) is 4.77. The number of carbonyl (C=O) groups is 2. The average molecular weight is 393 g/mol. The molecule has 2 aliphatic rings. The molecule has 2 aromatic carbocycles. The SMILES string of the molecule is Cc1cccc(N2CCN(CCNC(=O)c3ccc4c(c3)CCC(=O)N4)CC2)c1. The first-order chi connectivity index (χ1) is 14.1. The van der Waals surface area contributed by atoms with Crippen LogP contribution in [-0.2, 0) is 11.2 Å². The summed E-state index contributed by atoms with van der Waals surface area (Å²) in [7, 11) is 0. The lowest BCUT2D eigenvalue weighted by Crippen LogP contribution is -2.48. The third-order valence-electron chi connectivity index (χ3n) is 5.72. The number of nitrogens with one attached hydrogen (secondary N) is 2. The van der Waals surface area contributed by atoms with Crippen molar-refractivity contribution in [1.82, 2.24) is 10.2 Å². The Kier molecular flexibility index (Phi) is 5.81. The number of fused-ring (bicyclic) bond motifs is 1. The van der Waals surface area contributed by atoms with Gasteiger partial charge in [-0.1, -0.05) is 12.1 Å². The summed E-state index contributed by atoms with van der Waals surface area (Å²) in [4.78, 5) is 28.8. The van der Waals surface area contributed by atoms with E-state index in [0.29, 0.717) is 24.9 Å². The minimum absolute atomic E-state index is 0.0391. The molecular weight excluding hydrogens is 364 g/mol. The number of benzene rings is 2. The van der Waals surface area contributed by atoms with E-state index in [9.17, 15) is 9.59 Å². The number of carbonyl (C=O) groups excluding carboxylic acids is 2. The van der Waals surface area contributed by atoms with E-state index in [1.165, 1.54) is 11.3 Å². The molecule has 0 atom stereocenters. The predicted molar refractivity (Wildman–Crippen MR) is 116 cm³/mol. The Balaban J connectivity index is 1.23. The molecule has 0 bridgehead atoms. The molecule has 4 rings (SSSR count). The maximum Gasteiger partial charge on any atom is 0.251 e. The number of anilines is 2. The van der Waals surface area contributed by atoms with Crippen LogP contribution in [0.25, 0.3) is 0 Å². The number of aryl methyl sites for hydroxylation is 2. The molecule has 6 nitrogen and oxygen atoms in total. The fraction of sp³-hybridized carbons (Fsp3) is 0.391. The van der Waals surface area contributed by atoms with Crippen molar-refractivity contribution in [3.8, 4) is 0 Å². The smallest absolute Gasteiger partial charge is 0.251 e. The molecule has 0 spiro atoms. The van der Waals surface area contributed by atoms with Crippen LogP contribution in [0.5, 0.6) is 0 Å². The number of nitrogens with zero attached hydrogens (tertiary/aromatic N) is 2. The van der Waals surface area contributed by atoms with Gasteiger partial charge >= 0.3 is 0 Å². The van der Waals surface area contributed by atoms with Crippen LogP contribution in [0.1, 0.15) is 27.9 Å². The van der Waals surface area contributed by atoms with Crippen LogP contribution in [0.2, 0.25) is 0 Å². The number of hydrogen-bond acceptors (Lipinski definition) is 4. The van der Waals surface area contributed by atoms with E-state index < -0.39 is 0 Å². The molecule has 1 fully saturated rings. The summed E-state index contributed by atoms with van der Waals surface area (Å²) < 4.78 is 0. The summed E-state index contributed by atoms with van der Waals surface area (Å²) in [5.41, 5.74) is 5.09. The second-order valence-electron chi connectivity index (χ2n) is 7.84. The molecule has 6 heteroatoms. The van der Waals surface area contributed by atoms with Gasteiger partial charge in [0.25, 0.3) is 5.91 Å². The van der Waals surface area contributed by atoms with Gasteiger partial charge in [-0.15, -0.1) is 0 Å². The van der Waals surface area contributed by atoms with Gasteiger partial charge in [-0.2, -0.15) is 0 Å². The van der Waals surface area contributed by atoms with E-state index in [4.69, 9.17) is 0 Å². The lowest BCUT2D eigenvalue weighted by Gasteiger charge is -2.36. The van der Waals surface area contributed by atoms with Crippen molar-refractivity contribution in [2.24, 2.45) is 0 Å². The lowest BCUT2D eigenvalue weighted by atomic mass is 10.00. The fourth-order valence-electron chi connectivity index (χ4n) is 4.01. The van der Waals surface area contributed by atoms with Crippen LogP contribution in [0.3, 0.4) is 0 Å². The highest BCUT2D eigenvalue weighted by atomic mass is 16.2. The standard InChI is InChI=1S/C23H28N4O2/c1-17-3-2-4-20(15-17)27-13-11-26(12-14-27)10-9-24-23(29)19-5-7-21-18(16-19)6-8-22(28)25-21/h2-5,7,15-16H,6,8-14H2,1H3,(H,24,29)(H,25,28). The summed E-state index contributed by atoms with van der Waals surface area (Å²) in [5.74, 6) is -0.0136. The third-order valence-corrected chi connectivity index (χ3v) is 5.72. The molecule has 0 unspecified atom stereocenters. The van der Waals surface area contributed by atoms with E-state index in [1.807, 2.05) is 12.1 Å². The van der Waals surface area contributed by atoms with Gasteiger partial charge in [0.05, 0.1) is 0 Å². The van der Waals surface area contributed by atoms with Gasteiger partial charge in [0.1, 0.15) is 0 Å². The minimum atomic E-state index is -0.0527. The van der Waals surface area contributed by atoms with Crippen molar-refractivity contribution < 1.29 is 9.59 Å². The Morgan fingerprint density at radius 2 is 1.90 bits per heavy atom. The Hall–Kier alpha value is -2.86. The molecule has 2 aromatic rings. The average Bonchev–Trinajstić information content (AvgIpc) is 2.74. The van der Waals surface area contributed by atoms with Crippen LogP contribution >= 0.6 is 0 Å². The van der Waals surface area contributed by atoms with Gasteiger partial charge in [-0.25, -0.2) is 0 Å². The van der Waals surface area contributed by atoms with E-state index in [-0.39, 0.29) is 11.8 Å². The van der Waals surface area contributed by atoms with Gasteiger partial charge in [0.15, 0.2) is 0 Å². The molecule has 1 saturated heterocycles. The van der Waals surface area contributed by atoms with Gasteiger partial charge in [0, 0.05) is 62.6 Å². The summed E-state index contributed by atoms with van der Waals surface area (Å²) in [6, 6.07) is 14.1. The van der Waals surface area contributed by atoms with E-state index in [0.717, 1.165) is 44.0 Å². The highest BCUT2D eigenvalue weighted by Crippen LogP contribution is 2.23. The maximum absolute atomic E-state index is 12.5. The normalized spacial score (nSPS) is 16.9. The van der Waals surface area contributed by atoms with Crippen LogP contribution in [-0.4, -0.2) is 56.0 Å². The Morgan fingerprint density at radius 3 is 2.69 bits per heavy atom. The number of rotatable bonds is 5. The zero-order valence-corrected chi connectivity index (χ0v) is 16.9. The van der Waals surface area contributed by atoms with Crippen molar-refractivity contribution in [3.63, 3.8) is 0 Å². The van der Waals surface area contributed by atoms with Crippen LogP contribution in [0.15, 0.2) is 42.5 Å². The van der Waals surface area contributed by atoms with Crippen molar-refractivity contribution in [2.45, 2.75) is 19.8 Å². The second-order valence-corrected chi connectivity index (χ2v) is 7.84. The summed E-state index contributed by atoms with van der Waals surface area (Å²) in [6.45, 7) is 7.64. The van der Waals surface area contributed by atoms with Crippen molar-refractivity contribution >= 4 is 23.2 Å². The first kappa shape index (κ1) is 19.5. The van der Waals surface area contributed by atoms with Crippen LogP contribution in [0.4, 0.5) is 11.4 Å². The highest BCUT2D eigenvalue weighted by molar-refractivity contribution is 5.97. The van der Waals surface area contributed by atoms with Crippen LogP contribution in [0, 0.1) is 6.92 Å². The Bertz CT molecular complexity index is 904. The second kappa shape index (κ2) is 8.66. The molecule has 0 radical (unpaired) electrons. The topological polar surface area (TPSA) is 64.7 Å². The highest BCUT2D eigenvalue weighted by Gasteiger charge is 2.18. The molecule has 2 heterocycles. The lowest BCUT2D eigenvalue weighted by molar-refractivity contribution is -0.116. The molecule has 0 saturated carbocycles. The molecular formula is C23H28N4O2. The zero-order chi connectivity index (χ0) is 20.2. The summed E-state index contributed by atoms with van der Waals surface area (Å²) in [5, 5.41) is 5.88. The Labute approximate surface area is 171 Å². The van der Waals surface area contributed by atoms with E-state index in [1.54, 1.807) is 6.07 Å². The minimum Gasteiger partial charge on any atom is -0.369 e. The van der Waals surface area contributed by atoms with Gasteiger partial charge in [0.2, 0.25) is 5.91 Å². The monoisotopic (exact) mass is 392 g/mol. The number of amides is 2. The number of hydrogen-bond donors (Lipinski definition) is 2. The molecule has 0 aliphatic carbocycles. The Morgan fingerprint density at radius 1 is 1.07 bits per heavy atom. The molecule has 2 N–H and O–H groups in total. The predicted octanol–water partition coefficient (Wildman–Crippen LogP) is 2.43.